The zero-order valence-electron chi connectivity index (χ0n) is 15.2. The molecule has 0 saturated heterocycles. The van der Waals surface area contributed by atoms with Gasteiger partial charge in [-0.25, -0.2) is 4.39 Å². The van der Waals surface area contributed by atoms with E-state index in [1.165, 1.54) is 0 Å². The van der Waals surface area contributed by atoms with Crippen molar-refractivity contribution >= 4 is 5.91 Å². The number of fused-ring (bicyclic) bond motifs is 1. The molecule has 2 aromatic carbocycles. The Labute approximate surface area is 164 Å². The molecular weight excluding hydrogens is 384 g/mol. The van der Waals surface area contributed by atoms with E-state index in [0.29, 0.717) is 30.2 Å². The van der Waals surface area contributed by atoms with Gasteiger partial charge in [-0.3, -0.25) is 9.78 Å². The Morgan fingerprint density at radius 1 is 1.00 bits per heavy atom. The number of hydrogen-bond donors (Lipinski definition) is 1. The highest BCUT2D eigenvalue weighted by Gasteiger charge is 2.31. The number of amides is 1. The van der Waals surface area contributed by atoms with E-state index in [0.717, 1.165) is 28.8 Å². The first-order valence-electron chi connectivity index (χ1n) is 9.02. The maximum atomic E-state index is 13.7. The van der Waals surface area contributed by atoms with E-state index in [-0.39, 0.29) is 17.9 Å². The smallest absolute Gasteiger partial charge is 0.352 e. The largest absolute Gasteiger partial charge is 0.416 e. The van der Waals surface area contributed by atoms with Gasteiger partial charge < -0.3 is 5.32 Å². The lowest BCUT2D eigenvalue weighted by Crippen LogP contribution is -2.32. The van der Waals surface area contributed by atoms with Crippen molar-refractivity contribution in [3.63, 3.8) is 0 Å². The molecular formula is C22H16F4N2O. The number of alkyl halides is 3. The van der Waals surface area contributed by atoms with Gasteiger partial charge in [-0.2, -0.15) is 13.2 Å². The molecule has 4 rings (SSSR count). The zero-order chi connectivity index (χ0) is 20.6. The van der Waals surface area contributed by atoms with Crippen LogP contribution in [0.15, 0.2) is 54.9 Å². The van der Waals surface area contributed by atoms with Crippen molar-refractivity contribution in [2.24, 2.45) is 0 Å². The Bertz CT molecular complexity index is 1090. The van der Waals surface area contributed by atoms with E-state index >= 15 is 0 Å². The highest BCUT2D eigenvalue weighted by molar-refractivity contribution is 5.98. The molecule has 0 unspecified atom stereocenters. The SMILES string of the molecule is O=C1NCCc2c1cccc2-c1cncc(Cc2cc(F)cc(C(F)(F)F)c2)c1. The second-order valence-corrected chi connectivity index (χ2v) is 6.94. The van der Waals surface area contributed by atoms with Crippen LogP contribution < -0.4 is 5.32 Å². The molecule has 2 heterocycles. The predicted octanol–water partition coefficient (Wildman–Crippen LogP) is 4.78. The van der Waals surface area contributed by atoms with Gasteiger partial charge in [0.15, 0.2) is 0 Å². The van der Waals surface area contributed by atoms with Crippen molar-refractivity contribution in [2.75, 3.05) is 6.54 Å². The average Bonchev–Trinajstić information content (AvgIpc) is 2.67. The fourth-order valence-electron chi connectivity index (χ4n) is 3.62. The quantitative estimate of drug-likeness (QED) is 0.643. The summed E-state index contributed by atoms with van der Waals surface area (Å²) in [5.41, 5.74) is 3.01. The maximum Gasteiger partial charge on any atom is 0.416 e. The van der Waals surface area contributed by atoms with Crippen LogP contribution in [0.3, 0.4) is 0 Å². The summed E-state index contributed by atoms with van der Waals surface area (Å²) in [5, 5.41) is 2.80. The molecule has 0 fully saturated rings. The molecule has 1 aliphatic rings. The predicted molar refractivity (Wildman–Crippen MR) is 99.9 cm³/mol. The summed E-state index contributed by atoms with van der Waals surface area (Å²) in [7, 11) is 0. The van der Waals surface area contributed by atoms with E-state index < -0.39 is 17.6 Å². The van der Waals surface area contributed by atoms with Crippen LogP contribution in [-0.2, 0) is 19.0 Å². The standard InChI is InChI=1S/C22H16F4N2O/c23-17-9-13(8-16(10-17)22(24,25)26)6-14-7-15(12-27-11-14)18-2-1-3-20-19(18)4-5-28-21(20)29/h1-3,7-12H,4-6H2,(H,28,29). The van der Waals surface area contributed by atoms with E-state index in [1.807, 2.05) is 12.1 Å². The summed E-state index contributed by atoms with van der Waals surface area (Å²) in [6.45, 7) is 0.541. The number of pyridine rings is 1. The lowest BCUT2D eigenvalue weighted by Gasteiger charge is -2.20. The number of rotatable bonds is 3. The number of halogens is 4. The minimum Gasteiger partial charge on any atom is -0.352 e. The van der Waals surface area contributed by atoms with Crippen LogP contribution in [0.25, 0.3) is 11.1 Å². The van der Waals surface area contributed by atoms with Gasteiger partial charge >= 0.3 is 6.18 Å². The van der Waals surface area contributed by atoms with Crippen LogP contribution in [0, 0.1) is 5.82 Å². The van der Waals surface area contributed by atoms with Crippen molar-refractivity contribution in [1.29, 1.82) is 0 Å². The number of hydrogen-bond acceptors (Lipinski definition) is 2. The Kier molecular flexibility index (Phi) is 4.82. The van der Waals surface area contributed by atoms with Crippen LogP contribution >= 0.6 is 0 Å². The first-order valence-corrected chi connectivity index (χ1v) is 9.02. The van der Waals surface area contributed by atoms with E-state index in [4.69, 9.17) is 0 Å². The molecule has 148 valence electrons. The number of carbonyl (C=O) groups excluding carboxylic acids is 1. The molecule has 29 heavy (non-hydrogen) atoms. The summed E-state index contributed by atoms with van der Waals surface area (Å²) in [6, 6.07) is 9.78. The van der Waals surface area contributed by atoms with Gasteiger partial charge in [-0.15, -0.1) is 0 Å². The topological polar surface area (TPSA) is 42.0 Å². The Morgan fingerprint density at radius 2 is 1.79 bits per heavy atom. The number of nitrogens with zero attached hydrogens (tertiary/aromatic N) is 1. The summed E-state index contributed by atoms with van der Waals surface area (Å²) in [6.07, 6.45) is -0.625. The fourth-order valence-corrected chi connectivity index (χ4v) is 3.62. The van der Waals surface area contributed by atoms with Gasteiger partial charge in [0, 0.05) is 30.1 Å². The molecule has 1 N–H and O–H groups in total. The molecule has 0 aliphatic carbocycles. The summed E-state index contributed by atoms with van der Waals surface area (Å²) >= 11 is 0. The van der Waals surface area contributed by atoms with E-state index in [2.05, 4.69) is 10.3 Å². The summed E-state index contributed by atoms with van der Waals surface area (Å²) < 4.78 is 52.5. The molecule has 0 saturated carbocycles. The normalized spacial score (nSPS) is 13.7. The summed E-state index contributed by atoms with van der Waals surface area (Å²) in [5.74, 6) is -1.06. The lowest BCUT2D eigenvalue weighted by molar-refractivity contribution is -0.137. The molecule has 0 radical (unpaired) electrons. The monoisotopic (exact) mass is 400 g/mol. The Morgan fingerprint density at radius 3 is 2.59 bits per heavy atom. The third kappa shape index (κ3) is 3.99. The summed E-state index contributed by atoms with van der Waals surface area (Å²) in [4.78, 5) is 16.3. The first kappa shape index (κ1) is 19.1. The van der Waals surface area contributed by atoms with Crippen LogP contribution in [0.5, 0.6) is 0 Å². The van der Waals surface area contributed by atoms with Crippen LogP contribution in [0.1, 0.15) is 32.6 Å². The molecule has 0 spiro atoms. The first-order chi connectivity index (χ1) is 13.8. The van der Waals surface area contributed by atoms with Gasteiger partial charge in [0.2, 0.25) is 0 Å². The maximum absolute atomic E-state index is 13.7. The number of benzene rings is 2. The second kappa shape index (κ2) is 7.31. The zero-order valence-corrected chi connectivity index (χ0v) is 15.2. The molecule has 1 amide bonds. The van der Waals surface area contributed by atoms with Crippen LogP contribution in [0.2, 0.25) is 0 Å². The molecule has 1 aliphatic heterocycles. The van der Waals surface area contributed by atoms with Crippen molar-refractivity contribution < 1.29 is 22.4 Å². The van der Waals surface area contributed by atoms with Gasteiger partial charge in [-0.1, -0.05) is 12.1 Å². The van der Waals surface area contributed by atoms with Crippen LogP contribution in [0.4, 0.5) is 17.6 Å². The Balaban J connectivity index is 1.69. The molecule has 1 aromatic heterocycles. The van der Waals surface area contributed by atoms with Crippen molar-refractivity contribution in [1.82, 2.24) is 10.3 Å². The minimum atomic E-state index is -4.61. The minimum absolute atomic E-state index is 0.108. The molecule has 7 heteroatoms. The number of carbonyl (C=O) groups is 1. The van der Waals surface area contributed by atoms with E-state index in [1.54, 1.807) is 24.5 Å². The lowest BCUT2D eigenvalue weighted by atomic mass is 9.91. The average molecular weight is 400 g/mol. The third-order valence-corrected chi connectivity index (χ3v) is 4.88. The van der Waals surface area contributed by atoms with Gasteiger partial charge in [0.25, 0.3) is 5.91 Å². The second-order valence-electron chi connectivity index (χ2n) is 6.94. The Hall–Kier alpha value is -3.22. The molecule has 3 aromatic rings. The molecule has 0 atom stereocenters. The third-order valence-electron chi connectivity index (χ3n) is 4.88. The van der Waals surface area contributed by atoms with Gasteiger partial charge in [0.05, 0.1) is 5.56 Å². The highest BCUT2D eigenvalue weighted by Crippen LogP contribution is 2.32. The van der Waals surface area contributed by atoms with Crippen LogP contribution in [-0.4, -0.2) is 17.4 Å². The highest BCUT2D eigenvalue weighted by atomic mass is 19.4. The van der Waals surface area contributed by atoms with E-state index in [9.17, 15) is 22.4 Å². The van der Waals surface area contributed by atoms with Crippen molar-refractivity contribution in [3.05, 3.63) is 88.5 Å². The van der Waals surface area contributed by atoms with Crippen molar-refractivity contribution in [3.8, 4) is 11.1 Å². The number of aromatic nitrogens is 1. The van der Waals surface area contributed by atoms with Gasteiger partial charge in [0.1, 0.15) is 5.82 Å². The molecule has 3 nitrogen and oxygen atoms in total. The molecule has 0 bridgehead atoms. The fraction of sp³-hybridized carbons (Fsp3) is 0.182. The number of nitrogens with one attached hydrogen (secondary N) is 1. The van der Waals surface area contributed by atoms with Crippen molar-refractivity contribution in [2.45, 2.75) is 19.0 Å². The van der Waals surface area contributed by atoms with Gasteiger partial charge in [-0.05, 0) is 65.4 Å².